The molecule has 0 saturated carbocycles. The van der Waals surface area contributed by atoms with Gasteiger partial charge < -0.3 is 10.0 Å². The Kier molecular flexibility index (Phi) is 10.3. The highest BCUT2D eigenvalue weighted by atomic mass is 16.4. The van der Waals surface area contributed by atoms with Gasteiger partial charge in [-0.15, -0.1) is 0 Å². The standard InChI is InChI=1S/C15H28N2O4/c1-4-12(5-2)11-17(6-3)15(21)16-13(18)9-7-8-10-14(19)20/h12H,4-11H2,1-3H3,(H,19,20)(H,16,18,21). The minimum atomic E-state index is -0.867. The first-order valence-corrected chi connectivity index (χ1v) is 7.75. The summed E-state index contributed by atoms with van der Waals surface area (Å²) in [7, 11) is 0. The zero-order valence-corrected chi connectivity index (χ0v) is 13.4. The highest BCUT2D eigenvalue weighted by Gasteiger charge is 2.17. The summed E-state index contributed by atoms with van der Waals surface area (Å²) in [6, 6.07) is -0.354. The Bertz CT molecular complexity index is 341. The zero-order valence-electron chi connectivity index (χ0n) is 13.4. The van der Waals surface area contributed by atoms with E-state index in [1.807, 2.05) is 6.92 Å². The molecule has 0 spiro atoms. The summed E-state index contributed by atoms with van der Waals surface area (Å²) in [5.41, 5.74) is 0. The van der Waals surface area contributed by atoms with Crippen LogP contribution in [-0.4, -0.2) is 41.0 Å². The number of rotatable bonds is 10. The van der Waals surface area contributed by atoms with Crippen molar-refractivity contribution < 1.29 is 19.5 Å². The molecule has 6 nitrogen and oxygen atoms in total. The summed E-state index contributed by atoms with van der Waals surface area (Å²) >= 11 is 0. The number of imide groups is 1. The minimum absolute atomic E-state index is 0.0526. The molecular weight excluding hydrogens is 272 g/mol. The fraction of sp³-hybridized carbons (Fsp3) is 0.800. The Morgan fingerprint density at radius 3 is 2.10 bits per heavy atom. The molecule has 0 aliphatic heterocycles. The van der Waals surface area contributed by atoms with Crippen LogP contribution in [0, 0.1) is 5.92 Å². The van der Waals surface area contributed by atoms with E-state index in [-0.39, 0.29) is 24.8 Å². The molecule has 0 fully saturated rings. The molecule has 0 unspecified atom stereocenters. The van der Waals surface area contributed by atoms with Crippen molar-refractivity contribution in [2.45, 2.75) is 59.3 Å². The average molecular weight is 300 g/mol. The van der Waals surface area contributed by atoms with Crippen LogP contribution in [0.25, 0.3) is 0 Å². The van der Waals surface area contributed by atoms with Crippen molar-refractivity contribution in [1.82, 2.24) is 10.2 Å². The normalized spacial score (nSPS) is 10.5. The lowest BCUT2D eigenvalue weighted by Gasteiger charge is -2.25. The maximum absolute atomic E-state index is 12.0. The highest BCUT2D eigenvalue weighted by Crippen LogP contribution is 2.10. The summed E-state index contributed by atoms with van der Waals surface area (Å²) in [6.45, 7) is 7.29. The van der Waals surface area contributed by atoms with Crippen molar-refractivity contribution in [2.75, 3.05) is 13.1 Å². The monoisotopic (exact) mass is 300 g/mol. The minimum Gasteiger partial charge on any atom is -0.481 e. The Hall–Kier alpha value is -1.59. The van der Waals surface area contributed by atoms with Crippen LogP contribution in [0.1, 0.15) is 59.3 Å². The number of carboxylic acid groups (broad SMARTS) is 1. The average Bonchev–Trinajstić information content (AvgIpc) is 2.44. The lowest BCUT2D eigenvalue weighted by atomic mass is 10.0. The molecule has 0 aromatic carbocycles. The van der Waals surface area contributed by atoms with Gasteiger partial charge in [0.15, 0.2) is 0 Å². The van der Waals surface area contributed by atoms with Crippen LogP contribution in [0.15, 0.2) is 0 Å². The molecular formula is C15H28N2O4. The van der Waals surface area contributed by atoms with Crippen molar-refractivity contribution in [3.8, 4) is 0 Å². The van der Waals surface area contributed by atoms with Gasteiger partial charge in [-0.2, -0.15) is 0 Å². The first-order chi connectivity index (χ1) is 9.94. The molecule has 0 atom stereocenters. The molecule has 0 aliphatic rings. The van der Waals surface area contributed by atoms with Crippen LogP contribution in [0.3, 0.4) is 0 Å². The van der Waals surface area contributed by atoms with Crippen LogP contribution >= 0.6 is 0 Å². The summed E-state index contributed by atoms with van der Waals surface area (Å²) in [5, 5.41) is 10.9. The molecule has 0 aromatic rings. The molecule has 3 amide bonds. The van der Waals surface area contributed by atoms with Gasteiger partial charge in [-0.05, 0) is 25.7 Å². The van der Waals surface area contributed by atoms with Gasteiger partial charge in [-0.1, -0.05) is 26.7 Å². The number of amides is 3. The number of urea groups is 1. The Balaban J connectivity index is 4.12. The molecule has 0 rings (SSSR count). The summed E-state index contributed by atoms with van der Waals surface area (Å²) in [4.78, 5) is 35.6. The van der Waals surface area contributed by atoms with E-state index in [1.165, 1.54) is 0 Å². The molecule has 21 heavy (non-hydrogen) atoms. The van der Waals surface area contributed by atoms with Gasteiger partial charge in [-0.3, -0.25) is 14.9 Å². The number of carbonyl (C=O) groups excluding carboxylic acids is 2. The maximum Gasteiger partial charge on any atom is 0.324 e. The number of carboxylic acids is 1. The second kappa shape index (κ2) is 11.1. The summed E-state index contributed by atoms with van der Waals surface area (Å²) < 4.78 is 0. The quantitative estimate of drug-likeness (QED) is 0.607. The third kappa shape index (κ3) is 9.05. The number of carbonyl (C=O) groups is 3. The van der Waals surface area contributed by atoms with Crippen molar-refractivity contribution in [1.29, 1.82) is 0 Å². The third-order valence-corrected chi connectivity index (χ3v) is 3.59. The van der Waals surface area contributed by atoms with Gasteiger partial charge in [0.05, 0.1) is 0 Å². The van der Waals surface area contributed by atoms with Gasteiger partial charge >= 0.3 is 12.0 Å². The van der Waals surface area contributed by atoms with E-state index in [1.54, 1.807) is 4.90 Å². The van der Waals surface area contributed by atoms with E-state index in [0.717, 1.165) is 12.8 Å². The van der Waals surface area contributed by atoms with Crippen LogP contribution in [0.4, 0.5) is 4.79 Å². The van der Waals surface area contributed by atoms with Gasteiger partial charge in [0, 0.05) is 25.9 Å². The fourth-order valence-corrected chi connectivity index (χ4v) is 2.04. The first kappa shape index (κ1) is 19.4. The lowest BCUT2D eigenvalue weighted by Crippen LogP contribution is -2.44. The molecule has 122 valence electrons. The van der Waals surface area contributed by atoms with Crippen LogP contribution in [0.2, 0.25) is 0 Å². The van der Waals surface area contributed by atoms with Gasteiger partial charge in [-0.25, -0.2) is 4.79 Å². The smallest absolute Gasteiger partial charge is 0.324 e. The number of unbranched alkanes of at least 4 members (excludes halogenated alkanes) is 1. The lowest BCUT2D eigenvalue weighted by molar-refractivity contribution is -0.137. The van der Waals surface area contributed by atoms with Crippen LogP contribution in [0.5, 0.6) is 0 Å². The van der Waals surface area contributed by atoms with E-state index < -0.39 is 5.97 Å². The SMILES string of the molecule is CCC(CC)CN(CC)C(=O)NC(=O)CCCCC(=O)O. The van der Waals surface area contributed by atoms with Crippen molar-refractivity contribution in [3.63, 3.8) is 0 Å². The van der Waals surface area contributed by atoms with Gasteiger partial charge in [0.25, 0.3) is 0 Å². The molecule has 0 radical (unpaired) electrons. The van der Waals surface area contributed by atoms with Crippen molar-refractivity contribution in [3.05, 3.63) is 0 Å². The Morgan fingerprint density at radius 1 is 1.05 bits per heavy atom. The summed E-state index contributed by atoms with van der Waals surface area (Å²) in [5.74, 6) is -0.761. The summed E-state index contributed by atoms with van der Waals surface area (Å²) in [6.07, 6.45) is 3.16. The zero-order chi connectivity index (χ0) is 16.3. The topological polar surface area (TPSA) is 86.7 Å². The van der Waals surface area contributed by atoms with E-state index in [0.29, 0.717) is 31.8 Å². The number of hydrogen-bond acceptors (Lipinski definition) is 3. The Labute approximate surface area is 126 Å². The van der Waals surface area contributed by atoms with E-state index in [9.17, 15) is 14.4 Å². The fourth-order valence-electron chi connectivity index (χ4n) is 2.04. The molecule has 0 aliphatic carbocycles. The molecule has 0 saturated heterocycles. The number of nitrogens with one attached hydrogen (secondary N) is 1. The highest BCUT2D eigenvalue weighted by molar-refractivity contribution is 5.94. The predicted octanol–water partition coefficient (Wildman–Crippen LogP) is 2.63. The first-order valence-electron chi connectivity index (χ1n) is 7.75. The number of hydrogen-bond donors (Lipinski definition) is 2. The van der Waals surface area contributed by atoms with Crippen molar-refractivity contribution >= 4 is 17.9 Å². The molecule has 0 aromatic heterocycles. The molecule has 0 bridgehead atoms. The third-order valence-electron chi connectivity index (χ3n) is 3.59. The van der Waals surface area contributed by atoms with E-state index in [2.05, 4.69) is 19.2 Å². The van der Waals surface area contributed by atoms with E-state index in [4.69, 9.17) is 5.11 Å². The number of aliphatic carboxylic acids is 1. The second-order valence-electron chi connectivity index (χ2n) is 5.18. The van der Waals surface area contributed by atoms with Gasteiger partial charge in [0.2, 0.25) is 5.91 Å². The number of nitrogens with zero attached hydrogens (tertiary/aromatic N) is 1. The van der Waals surface area contributed by atoms with Gasteiger partial charge in [0.1, 0.15) is 0 Å². The van der Waals surface area contributed by atoms with E-state index >= 15 is 0 Å². The van der Waals surface area contributed by atoms with Crippen LogP contribution < -0.4 is 5.32 Å². The largest absolute Gasteiger partial charge is 0.481 e. The molecule has 6 heteroatoms. The Morgan fingerprint density at radius 2 is 1.62 bits per heavy atom. The molecule has 2 N–H and O–H groups in total. The van der Waals surface area contributed by atoms with Crippen LogP contribution in [-0.2, 0) is 9.59 Å². The van der Waals surface area contributed by atoms with Crippen molar-refractivity contribution in [2.24, 2.45) is 5.92 Å². The second-order valence-corrected chi connectivity index (χ2v) is 5.18. The molecule has 0 heterocycles. The maximum atomic E-state index is 12.0. The predicted molar refractivity (Wildman–Crippen MR) is 81.0 cm³/mol.